The van der Waals surface area contributed by atoms with Gasteiger partial charge in [0.1, 0.15) is 5.82 Å². The summed E-state index contributed by atoms with van der Waals surface area (Å²) in [6.45, 7) is 4.30. The molecule has 5 heteroatoms. The summed E-state index contributed by atoms with van der Waals surface area (Å²) in [6.07, 6.45) is 12.0. The molecule has 0 spiro atoms. The quantitative estimate of drug-likeness (QED) is 0.727. The van der Waals surface area contributed by atoms with Crippen molar-refractivity contribution in [2.24, 2.45) is 0 Å². The number of benzene rings is 1. The van der Waals surface area contributed by atoms with Crippen LogP contribution in [0.25, 0.3) is 0 Å². The topological polar surface area (TPSA) is 57.3 Å². The van der Waals surface area contributed by atoms with E-state index in [9.17, 15) is 4.79 Å². The van der Waals surface area contributed by atoms with Crippen molar-refractivity contribution in [3.8, 4) is 12.3 Å². The number of carbonyl (C=O) groups excluding carboxylic acids is 1. The molecule has 2 heterocycles. The summed E-state index contributed by atoms with van der Waals surface area (Å²) in [5.74, 6) is 2.93. The van der Waals surface area contributed by atoms with Gasteiger partial charge in [0, 0.05) is 19.3 Å². The zero-order valence-corrected chi connectivity index (χ0v) is 16.3. The first-order valence-electron chi connectivity index (χ1n) is 9.97. The molecule has 2 aromatic rings. The van der Waals surface area contributed by atoms with Gasteiger partial charge in [0.2, 0.25) is 0 Å². The SMILES string of the molecule is C#CCNC(=O)c1ccc(NCc2ccccc2CN2CCCCCC2)nc1. The zero-order valence-electron chi connectivity index (χ0n) is 16.3. The van der Waals surface area contributed by atoms with Gasteiger partial charge in [-0.15, -0.1) is 6.42 Å². The van der Waals surface area contributed by atoms with Crippen LogP contribution in [0.15, 0.2) is 42.6 Å². The van der Waals surface area contributed by atoms with E-state index in [0.29, 0.717) is 12.1 Å². The second-order valence-electron chi connectivity index (χ2n) is 7.13. The van der Waals surface area contributed by atoms with Crippen LogP contribution >= 0.6 is 0 Å². The van der Waals surface area contributed by atoms with Gasteiger partial charge >= 0.3 is 0 Å². The summed E-state index contributed by atoms with van der Waals surface area (Å²) in [5, 5.41) is 6.00. The Bertz CT molecular complexity index is 802. The second kappa shape index (κ2) is 10.5. The van der Waals surface area contributed by atoms with Crippen LogP contribution in [0.4, 0.5) is 5.82 Å². The molecule has 5 nitrogen and oxygen atoms in total. The van der Waals surface area contributed by atoms with Crippen LogP contribution in [0.1, 0.15) is 47.2 Å². The van der Waals surface area contributed by atoms with Crippen LogP contribution < -0.4 is 10.6 Å². The Kier molecular flexibility index (Phi) is 7.45. The first-order valence-corrected chi connectivity index (χ1v) is 9.97. The summed E-state index contributed by atoms with van der Waals surface area (Å²) in [6, 6.07) is 12.1. The molecule has 1 amide bonds. The fourth-order valence-corrected chi connectivity index (χ4v) is 3.47. The number of carbonyl (C=O) groups is 1. The van der Waals surface area contributed by atoms with E-state index in [1.54, 1.807) is 12.3 Å². The molecule has 1 saturated heterocycles. The standard InChI is InChI=1S/C23H28N4O/c1-2-13-24-23(28)20-11-12-22(26-17-20)25-16-19-9-5-6-10-21(19)18-27-14-7-3-4-8-15-27/h1,5-6,9-12,17H,3-4,7-8,13-16,18H2,(H,24,28)(H,25,26). The van der Waals surface area contributed by atoms with Gasteiger partial charge in [0.15, 0.2) is 0 Å². The number of aromatic nitrogens is 1. The highest BCUT2D eigenvalue weighted by molar-refractivity contribution is 5.94. The molecule has 1 aliphatic rings. The van der Waals surface area contributed by atoms with E-state index in [-0.39, 0.29) is 12.5 Å². The minimum absolute atomic E-state index is 0.209. The van der Waals surface area contributed by atoms with Crippen molar-refractivity contribution in [3.63, 3.8) is 0 Å². The number of nitrogens with zero attached hydrogens (tertiary/aromatic N) is 2. The molecule has 28 heavy (non-hydrogen) atoms. The number of likely N-dealkylation sites (tertiary alicyclic amines) is 1. The van der Waals surface area contributed by atoms with Gasteiger partial charge in [-0.1, -0.05) is 43.0 Å². The lowest BCUT2D eigenvalue weighted by Gasteiger charge is -2.21. The van der Waals surface area contributed by atoms with Crippen LogP contribution in [-0.2, 0) is 13.1 Å². The Labute approximate surface area is 167 Å². The zero-order chi connectivity index (χ0) is 19.6. The third kappa shape index (κ3) is 5.83. The van der Waals surface area contributed by atoms with Gasteiger partial charge in [0.05, 0.1) is 12.1 Å². The minimum Gasteiger partial charge on any atom is -0.366 e. The largest absolute Gasteiger partial charge is 0.366 e. The predicted octanol–water partition coefficient (Wildman–Crippen LogP) is 3.43. The molecule has 0 bridgehead atoms. The van der Waals surface area contributed by atoms with Gasteiger partial charge < -0.3 is 10.6 Å². The normalized spacial score (nSPS) is 14.7. The van der Waals surface area contributed by atoms with E-state index in [2.05, 4.69) is 50.7 Å². The van der Waals surface area contributed by atoms with E-state index < -0.39 is 0 Å². The molecule has 2 N–H and O–H groups in total. The second-order valence-corrected chi connectivity index (χ2v) is 7.13. The van der Waals surface area contributed by atoms with Crippen LogP contribution in [0.5, 0.6) is 0 Å². The van der Waals surface area contributed by atoms with Crippen molar-refractivity contribution in [3.05, 3.63) is 59.3 Å². The molecule has 1 aromatic carbocycles. The maximum absolute atomic E-state index is 11.9. The van der Waals surface area contributed by atoms with E-state index >= 15 is 0 Å². The lowest BCUT2D eigenvalue weighted by atomic mass is 10.1. The molecule has 1 fully saturated rings. The van der Waals surface area contributed by atoms with Crippen molar-refractivity contribution in [2.45, 2.75) is 38.8 Å². The first-order chi connectivity index (χ1) is 13.8. The van der Waals surface area contributed by atoms with E-state index in [0.717, 1.165) is 12.4 Å². The molecule has 0 saturated carbocycles. The Morgan fingerprint density at radius 2 is 1.82 bits per heavy atom. The fourth-order valence-electron chi connectivity index (χ4n) is 3.47. The number of anilines is 1. The summed E-state index contributed by atoms with van der Waals surface area (Å²) in [7, 11) is 0. The molecular weight excluding hydrogens is 348 g/mol. The number of amides is 1. The average Bonchev–Trinajstić information content (AvgIpc) is 3.00. The smallest absolute Gasteiger partial charge is 0.253 e. The fraction of sp³-hybridized carbons (Fsp3) is 0.391. The van der Waals surface area contributed by atoms with Crippen LogP contribution in [-0.4, -0.2) is 35.4 Å². The summed E-state index contributed by atoms with van der Waals surface area (Å²) in [5.41, 5.74) is 3.15. The lowest BCUT2D eigenvalue weighted by Crippen LogP contribution is -2.24. The summed E-state index contributed by atoms with van der Waals surface area (Å²) in [4.78, 5) is 18.8. The Balaban J connectivity index is 1.58. The highest BCUT2D eigenvalue weighted by atomic mass is 16.1. The molecular formula is C23H28N4O. The average molecular weight is 377 g/mol. The van der Waals surface area contributed by atoms with Gasteiger partial charge in [-0.25, -0.2) is 4.98 Å². The minimum atomic E-state index is -0.209. The highest BCUT2D eigenvalue weighted by Crippen LogP contribution is 2.17. The number of rotatable bonds is 7. The number of nitrogens with one attached hydrogen (secondary N) is 2. The molecule has 0 unspecified atom stereocenters. The molecule has 0 radical (unpaired) electrons. The highest BCUT2D eigenvalue weighted by Gasteiger charge is 2.12. The molecule has 0 atom stereocenters. The van der Waals surface area contributed by atoms with Crippen LogP contribution in [0, 0.1) is 12.3 Å². The molecule has 1 aromatic heterocycles. The monoisotopic (exact) mass is 376 g/mol. The number of terminal acetylenes is 1. The van der Waals surface area contributed by atoms with E-state index in [1.165, 1.54) is 49.9 Å². The summed E-state index contributed by atoms with van der Waals surface area (Å²) < 4.78 is 0. The molecule has 3 rings (SSSR count). The Hall–Kier alpha value is -2.84. The third-order valence-corrected chi connectivity index (χ3v) is 5.05. The lowest BCUT2D eigenvalue weighted by molar-refractivity contribution is 0.0958. The molecule has 0 aliphatic carbocycles. The van der Waals surface area contributed by atoms with Crippen molar-refractivity contribution < 1.29 is 4.79 Å². The van der Waals surface area contributed by atoms with Crippen LogP contribution in [0.2, 0.25) is 0 Å². The van der Waals surface area contributed by atoms with Crippen LogP contribution in [0.3, 0.4) is 0 Å². The molecule has 146 valence electrons. The Morgan fingerprint density at radius 1 is 1.07 bits per heavy atom. The van der Waals surface area contributed by atoms with Crippen molar-refractivity contribution in [2.75, 3.05) is 25.0 Å². The number of hydrogen-bond acceptors (Lipinski definition) is 4. The van der Waals surface area contributed by atoms with E-state index in [1.807, 2.05) is 6.07 Å². The van der Waals surface area contributed by atoms with Gasteiger partial charge in [-0.05, 0) is 49.2 Å². The maximum Gasteiger partial charge on any atom is 0.253 e. The van der Waals surface area contributed by atoms with Gasteiger partial charge in [-0.3, -0.25) is 9.69 Å². The summed E-state index contributed by atoms with van der Waals surface area (Å²) >= 11 is 0. The van der Waals surface area contributed by atoms with Crippen molar-refractivity contribution in [1.82, 2.24) is 15.2 Å². The van der Waals surface area contributed by atoms with E-state index in [4.69, 9.17) is 6.42 Å². The number of hydrogen-bond donors (Lipinski definition) is 2. The van der Waals surface area contributed by atoms with Crippen molar-refractivity contribution >= 4 is 11.7 Å². The van der Waals surface area contributed by atoms with Gasteiger partial charge in [0.25, 0.3) is 5.91 Å². The van der Waals surface area contributed by atoms with Gasteiger partial charge in [-0.2, -0.15) is 0 Å². The Morgan fingerprint density at radius 3 is 2.50 bits per heavy atom. The maximum atomic E-state index is 11.9. The predicted molar refractivity (Wildman–Crippen MR) is 113 cm³/mol. The molecule has 1 aliphatic heterocycles. The third-order valence-electron chi connectivity index (χ3n) is 5.05. The first kappa shape index (κ1) is 19.9. The number of pyridine rings is 1. The van der Waals surface area contributed by atoms with Crippen molar-refractivity contribution in [1.29, 1.82) is 0 Å².